The standard InChI is InChI=1S/C24H29N7O5/c1-16(15-35-4)36-20-9-21(26-11-18(20)10-25)28-24(34)30(3)22-6-5-17(19(14-32)27-22)12-31-8-7-29(2)13-23(31)33/h5-6,9,11,14,16H,7-8,12-13,15H2,1-4H3,(H,26,28,34)/t16-/m0/s1. The van der Waals surface area contributed by atoms with Gasteiger partial charge in [0.15, 0.2) is 6.29 Å². The van der Waals surface area contributed by atoms with E-state index in [4.69, 9.17) is 9.47 Å². The summed E-state index contributed by atoms with van der Waals surface area (Å²) in [7, 11) is 4.92. The molecule has 0 unspecified atom stereocenters. The van der Waals surface area contributed by atoms with Gasteiger partial charge in [-0.05, 0) is 20.0 Å². The smallest absolute Gasteiger partial charge is 0.328 e. The van der Waals surface area contributed by atoms with Gasteiger partial charge in [0.25, 0.3) is 0 Å². The minimum absolute atomic E-state index is 0.0175. The van der Waals surface area contributed by atoms with Crippen molar-refractivity contribution in [1.82, 2.24) is 19.8 Å². The number of ether oxygens (including phenoxy) is 2. The number of carbonyl (C=O) groups excluding carboxylic acids is 3. The maximum absolute atomic E-state index is 12.8. The van der Waals surface area contributed by atoms with E-state index in [1.165, 1.54) is 24.2 Å². The Balaban J connectivity index is 1.72. The van der Waals surface area contributed by atoms with Crippen LogP contribution in [0.2, 0.25) is 0 Å². The van der Waals surface area contributed by atoms with Gasteiger partial charge in [0.05, 0.1) is 19.3 Å². The Bertz CT molecular complexity index is 1170. The minimum Gasteiger partial charge on any atom is -0.487 e. The normalized spacial score (nSPS) is 14.6. The van der Waals surface area contributed by atoms with Crippen molar-refractivity contribution in [3.05, 3.63) is 41.2 Å². The van der Waals surface area contributed by atoms with Crippen LogP contribution < -0.4 is 15.0 Å². The number of nitrogens with zero attached hydrogens (tertiary/aromatic N) is 6. The summed E-state index contributed by atoms with van der Waals surface area (Å²) in [5, 5.41) is 11.9. The van der Waals surface area contributed by atoms with Gasteiger partial charge < -0.3 is 14.4 Å². The molecule has 0 radical (unpaired) electrons. The van der Waals surface area contributed by atoms with E-state index < -0.39 is 6.03 Å². The zero-order valence-corrected chi connectivity index (χ0v) is 20.7. The lowest BCUT2D eigenvalue weighted by Gasteiger charge is -2.32. The summed E-state index contributed by atoms with van der Waals surface area (Å²) >= 11 is 0. The maximum Gasteiger partial charge on any atom is 0.328 e. The van der Waals surface area contributed by atoms with E-state index >= 15 is 0 Å². The second kappa shape index (κ2) is 12.1. The molecule has 0 aliphatic carbocycles. The Hall–Kier alpha value is -4.08. The number of aldehydes is 1. The molecule has 12 heteroatoms. The fraction of sp³-hybridized carbons (Fsp3) is 0.417. The first kappa shape index (κ1) is 26.5. The summed E-state index contributed by atoms with van der Waals surface area (Å²) < 4.78 is 10.8. The summed E-state index contributed by atoms with van der Waals surface area (Å²) in [6, 6.07) is 6.19. The molecular weight excluding hydrogens is 466 g/mol. The van der Waals surface area contributed by atoms with Gasteiger partial charge in [-0.25, -0.2) is 14.8 Å². The van der Waals surface area contributed by atoms with Crippen LogP contribution >= 0.6 is 0 Å². The van der Waals surface area contributed by atoms with E-state index in [0.29, 0.717) is 31.5 Å². The molecule has 1 aliphatic rings. The van der Waals surface area contributed by atoms with Crippen molar-refractivity contribution in [3.8, 4) is 11.8 Å². The molecular formula is C24H29N7O5. The van der Waals surface area contributed by atoms with Crippen molar-refractivity contribution >= 4 is 29.9 Å². The van der Waals surface area contributed by atoms with Gasteiger partial charge >= 0.3 is 6.03 Å². The zero-order chi connectivity index (χ0) is 26.2. The molecule has 0 spiro atoms. The third kappa shape index (κ3) is 6.53. The molecule has 2 aromatic heterocycles. The van der Waals surface area contributed by atoms with Crippen LogP contribution in [0, 0.1) is 11.3 Å². The summed E-state index contributed by atoms with van der Waals surface area (Å²) in [6.45, 7) is 4.01. The Morgan fingerprint density at radius 2 is 2.17 bits per heavy atom. The molecule has 3 amide bonds. The van der Waals surface area contributed by atoms with Crippen molar-refractivity contribution in [2.75, 3.05) is 57.7 Å². The number of hydrogen-bond donors (Lipinski definition) is 1. The van der Waals surface area contributed by atoms with Crippen LogP contribution in [0.15, 0.2) is 24.4 Å². The van der Waals surface area contributed by atoms with E-state index in [2.05, 4.69) is 15.3 Å². The maximum atomic E-state index is 12.8. The van der Waals surface area contributed by atoms with Crippen molar-refractivity contribution < 1.29 is 23.9 Å². The van der Waals surface area contributed by atoms with E-state index in [-0.39, 0.29) is 47.2 Å². The topological polar surface area (TPSA) is 141 Å². The number of rotatable bonds is 9. The minimum atomic E-state index is -0.561. The Labute approximate surface area is 209 Å². The Morgan fingerprint density at radius 1 is 1.39 bits per heavy atom. The van der Waals surface area contributed by atoms with Crippen molar-refractivity contribution in [1.29, 1.82) is 5.26 Å². The largest absolute Gasteiger partial charge is 0.487 e. The highest BCUT2D eigenvalue weighted by Gasteiger charge is 2.23. The SMILES string of the molecule is COC[C@H](C)Oc1cc(NC(=O)N(C)c2ccc(CN3CCN(C)CC3=O)c(C=O)n2)ncc1C#N. The van der Waals surface area contributed by atoms with Crippen LogP contribution in [0.1, 0.15) is 28.5 Å². The van der Waals surface area contributed by atoms with Crippen LogP contribution in [0.25, 0.3) is 0 Å². The van der Waals surface area contributed by atoms with Gasteiger partial charge in [-0.3, -0.25) is 24.7 Å². The van der Waals surface area contributed by atoms with E-state index in [9.17, 15) is 19.6 Å². The summed E-state index contributed by atoms with van der Waals surface area (Å²) in [6.07, 6.45) is 1.60. The number of hydrogen-bond acceptors (Lipinski definition) is 9. The number of carbonyl (C=O) groups is 3. The third-order valence-electron chi connectivity index (χ3n) is 5.58. The monoisotopic (exact) mass is 495 g/mol. The molecule has 2 aromatic rings. The lowest BCUT2D eigenvalue weighted by molar-refractivity contribution is -0.136. The molecule has 1 fully saturated rings. The van der Waals surface area contributed by atoms with Crippen molar-refractivity contribution in [2.24, 2.45) is 0 Å². The number of methoxy groups -OCH3 is 1. The predicted molar refractivity (Wildman–Crippen MR) is 131 cm³/mol. The molecule has 1 saturated heterocycles. The number of aromatic nitrogens is 2. The highest BCUT2D eigenvalue weighted by molar-refractivity contribution is 6.00. The predicted octanol–water partition coefficient (Wildman–Crippen LogP) is 1.52. The molecule has 1 N–H and O–H groups in total. The highest BCUT2D eigenvalue weighted by atomic mass is 16.5. The number of anilines is 2. The lowest BCUT2D eigenvalue weighted by atomic mass is 10.1. The molecule has 3 heterocycles. The van der Waals surface area contributed by atoms with E-state index in [1.807, 2.05) is 18.0 Å². The Morgan fingerprint density at radius 3 is 2.83 bits per heavy atom. The fourth-order valence-electron chi connectivity index (χ4n) is 3.58. The molecule has 36 heavy (non-hydrogen) atoms. The second-order valence-electron chi connectivity index (χ2n) is 8.44. The molecule has 12 nitrogen and oxygen atoms in total. The number of pyridine rings is 2. The molecule has 3 rings (SSSR count). The summed E-state index contributed by atoms with van der Waals surface area (Å²) in [5.41, 5.74) is 0.968. The van der Waals surface area contributed by atoms with Gasteiger partial charge in [-0.2, -0.15) is 5.26 Å². The first-order valence-electron chi connectivity index (χ1n) is 11.3. The summed E-state index contributed by atoms with van der Waals surface area (Å²) in [4.78, 5) is 50.1. The zero-order valence-electron chi connectivity index (χ0n) is 20.7. The molecule has 0 bridgehead atoms. The fourth-order valence-corrected chi connectivity index (χ4v) is 3.58. The van der Waals surface area contributed by atoms with Gasteiger partial charge in [-0.1, -0.05) is 6.07 Å². The number of likely N-dealkylation sites (N-methyl/N-ethyl adjacent to an activating group) is 1. The van der Waals surface area contributed by atoms with Gasteiger partial charge in [0.1, 0.15) is 40.8 Å². The van der Waals surface area contributed by atoms with Crippen LogP contribution in [0.5, 0.6) is 5.75 Å². The van der Waals surface area contributed by atoms with Crippen molar-refractivity contribution in [3.63, 3.8) is 0 Å². The molecule has 1 aliphatic heterocycles. The van der Waals surface area contributed by atoms with Crippen LogP contribution in [0.4, 0.5) is 16.4 Å². The number of nitrogens with one attached hydrogen (secondary N) is 1. The van der Waals surface area contributed by atoms with Gasteiger partial charge in [0, 0.05) is 45.4 Å². The molecule has 0 saturated carbocycles. The number of amides is 3. The Kier molecular flexibility index (Phi) is 8.88. The van der Waals surface area contributed by atoms with Crippen LogP contribution in [-0.2, 0) is 16.1 Å². The number of piperazine rings is 1. The second-order valence-corrected chi connectivity index (χ2v) is 8.44. The number of urea groups is 1. The van der Waals surface area contributed by atoms with Gasteiger partial charge in [0.2, 0.25) is 5.91 Å². The van der Waals surface area contributed by atoms with Gasteiger partial charge in [-0.15, -0.1) is 0 Å². The highest BCUT2D eigenvalue weighted by Crippen LogP contribution is 2.23. The van der Waals surface area contributed by atoms with E-state index in [1.54, 1.807) is 31.1 Å². The molecule has 0 aromatic carbocycles. The number of nitriles is 1. The van der Waals surface area contributed by atoms with Crippen LogP contribution in [0.3, 0.4) is 0 Å². The lowest BCUT2D eigenvalue weighted by Crippen LogP contribution is -2.48. The molecule has 1 atom stereocenters. The third-order valence-corrected chi connectivity index (χ3v) is 5.58. The average Bonchev–Trinajstić information content (AvgIpc) is 2.85. The van der Waals surface area contributed by atoms with Crippen LogP contribution in [-0.4, -0.2) is 91.5 Å². The van der Waals surface area contributed by atoms with E-state index in [0.717, 1.165) is 6.54 Å². The molecule has 190 valence electrons. The first-order valence-corrected chi connectivity index (χ1v) is 11.3. The first-order chi connectivity index (χ1) is 17.2. The summed E-state index contributed by atoms with van der Waals surface area (Å²) in [5.74, 6) is 0.656. The van der Waals surface area contributed by atoms with Crippen molar-refractivity contribution in [2.45, 2.75) is 19.6 Å². The average molecular weight is 496 g/mol. The quantitative estimate of drug-likeness (QED) is 0.513.